The molecule has 0 unspecified atom stereocenters. The second-order valence-corrected chi connectivity index (χ2v) is 5.53. The van der Waals surface area contributed by atoms with E-state index in [2.05, 4.69) is 32.3 Å². The Kier molecular flexibility index (Phi) is 5.26. The molecule has 96 valence electrons. The van der Waals surface area contributed by atoms with Crippen molar-refractivity contribution in [3.8, 4) is 5.88 Å². The molecule has 0 aliphatic carbocycles. The number of halogens is 1. The maximum Gasteiger partial charge on any atom is 0.387 e. The molecule has 0 atom stereocenters. The quantitative estimate of drug-likeness (QED) is 0.728. The lowest BCUT2D eigenvalue weighted by Gasteiger charge is -2.11. The third kappa shape index (κ3) is 3.88. The van der Waals surface area contributed by atoms with Crippen LogP contribution in [0.15, 0.2) is 12.3 Å². The summed E-state index contributed by atoms with van der Waals surface area (Å²) in [5, 5.41) is 0.727. The van der Waals surface area contributed by atoms with E-state index >= 15 is 0 Å². The Morgan fingerprint density at radius 2 is 1.94 bits per heavy atom. The van der Waals surface area contributed by atoms with Crippen molar-refractivity contribution in [3.05, 3.63) is 22.8 Å². The first-order valence-corrected chi connectivity index (χ1v) is 6.64. The molecule has 17 heavy (non-hydrogen) atoms. The molecule has 0 saturated heterocycles. The van der Waals surface area contributed by atoms with Crippen molar-refractivity contribution in [2.24, 2.45) is 5.92 Å². The Hall–Kier alpha value is -0.760. The van der Waals surface area contributed by atoms with Gasteiger partial charge in [0.05, 0.1) is 6.61 Å². The molecule has 0 N–H and O–H groups in total. The Bertz CT molecular complexity index is 375. The van der Waals surface area contributed by atoms with Gasteiger partial charge in [0.15, 0.2) is 17.3 Å². The van der Waals surface area contributed by atoms with Gasteiger partial charge in [0.1, 0.15) is 0 Å². The van der Waals surface area contributed by atoms with Crippen LogP contribution >= 0.6 is 11.6 Å². The van der Waals surface area contributed by atoms with Crippen molar-refractivity contribution < 1.29 is 9.30 Å². The maximum atomic E-state index is 6.31. The Balaban J connectivity index is 2.90. The number of nitrogens with zero attached hydrogens (tertiary/aromatic N) is 1. The van der Waals surface area contributed by atoms with Crippen LogP contribution in [0.25, 0.3) is 0 Å². The third-order valence-corrected chi connectivity index (χ3v) is 3.20. The van der Waals surface area contributed by atoms with Gasteiger partial charge in [0.2, 0.25) is 0 Å². The number of rotatable bonds is 5. The fourth-order valence-electron chi connectivity index (χ4n) is 1.55. The highest BCUT2D eigenvalue weighted by Gasteiger charge is 2.21. The maximum absolute atomic E-state index is 6.31. The van der Waals surface area contributed by atoms with Gasteiger partial charge in [-0.1, -0.05) is 25.4 Å². The lowest BCUT2D eigenvalue weighted by Crippen LogP contribution is -2.38. The first-order valence-electron chi connectivity index (χ1n) is 6.26. The van der Waals surface area contributed by atoms with Crippen molar-refractivity contribution in [3.63, 3.8) is 0 Å². The van der Waals surface area contributed by atoms with Gasteiger partial charge >= 0.3 is 5.88 Å². The van der Waals surface area contributed by atoms with Crippen molar-refractivity contribution in [2.75, 3.05) is 6.61 Å². The summed E-state index contributed by atoms with van der Waals surface area (Å²) < 4.78 is 7.93. The topological polar surface area (TPSA) is 13.1 Å². The molecule has 1 rings (SSSR count). The lowest BCUT2D eigenvalue weighted by molar-refractivity contribution is -0.720. The highest BCUT2D eigenvalue weighted by atomic mass is 35.5. The van der Waals surface area contributed by atoms with E-state index in [4.69, 9.17) is 16.3 Å². The minimum atomic E-state index is 0.349. The number of aromatic nitrogens is 1. The standard InChI is InChI=1S/C14H23ClNO/c1-10(2)7-9-17-14-13(15)12(5)6-8-16(14)11(3)4/h6,8,10-11H,7,9H2,1-5H3/q+1. The number of hydrogen-bond acceptors (Lipinski definition) is 1. The molecule has 3 heteroatoms. The third-order valence-electron chi connectivity index (χ3n) is 2.74. The molecule has 1 aromatic heterocycles. The molecule has 2 nitrogen and oxygen atoms in total. The van der Waals surface area contributed by atoms with E-state index in [1.165, 1.54) is 0 Å². The summed E-state index contributed by atoms with van der Waals surface area (Å²) in [5.41, 5.74) is 1.06. The summed E-state index contributed by atoms with van der Waals surface area (Å²) in [6, 6.07) is 2.37. The van der Waals surface area contributed by atoms with Crippen LogP contribution in [0.3, 0.4) is 0 Å². The van der Waals surface area contributed by atoms with Crippen LogP contribution in [0.1, 0.15) is 45.7 Å². The van der Waals surface area contributed by atoms with Crippen molar-refractivity contribution in [2.45, 2.75) is 47.1 Å². The Labute approximate surface area is 110 Å². The molecule has 0 spiro atoms. The average Bonchev–Trinajstić information content (AvgIpc) is 2.23. The molecule has 0 aromatic carbocycles. The van der Waals surface area contributed by atoms with Crippen molar-refractivity contribution in [1.29, 1.82) is 0 Å². The Morgan fingerprint density at radius 1 is 1.29 bits per heavy atom. The summed E-state index contributed by atoms with van der Waals surface area (Å²) in [4.78, 5) is 0. The van der Waals surface area contributed by atoms with Gasteiger partial charge in [0, 0.05) is 6.07 Å². The lowest BCUT2D eigenvalue weighted by atomic mass is 10.1. The predicted molar refractivity (Wildman–Crippen MR) is 71.7 cm³/mol. The van der Waals surface area contributed by atoms with Crippen LogP contribution in [0.5, 0.6) is 5.88 Å². The molecule has 0 radical (unpaired) electrons. The minimum Gasteiger partial charge on any atom is -0.443 e. The van der Waals surface area contributed by atoms with E-state index in [0.29, 0.717) is 18.6 Å². The SMILES string of the molecule is Cc1cc[n+](C(C)C)c(OCCC(C)C)c1Cl. The van der Waals surface area contributed by atoms with Crippen molar-refractivity contribution >= 4 is 11.6 Å². The van der Waals surface area contributed by atoms with E-state index in [1.807, 2.05) is 19.2 Å². The first kappa shape index (κ1) is 14.3. The van der Waals surface area contributed by atoms with Gasteiger partial charge in [-0.2, -0.15) is 4.57 Å². The van der Waals surface area contributed by atoms with Gasteiger partial charge in [0.25, 0.3) is 0 Å². The second-order valence-electron chi connectivity index (χ2n) is 5.15. The molecule has 0 aliphatic heterocycles. The fourth-order valence-corrected chi connectivity index (χ4v) is 1.77. The zero-order valence-electron chi connectivity index (χ0n) is 11.5. The van der Waals surface area contributed by atoms with E-state index in [0.717, 1.165) is 22.9 Å². The molecular weight excluding hydrogens is 234 g/mol. The predicted octanol–water partition coefficient (Wildman–Crippen LogP) is 3.94. The Morgan fingerprint density at radius 3 is 2.47 bits per heavy atom. The average molecular weight is 257 g/mol. The summed E-state index contributed by atoms with van der Waals surface area (Å²) >= 11 is 6.31. The van der Waals surface area contributed by atoms with Crippen LogP contribution in [-0.2, 0) is 0 Å². The summed E-state index contributed by atoms with van der Waals surface area (Å²) in [6.45, 7) is 11.4. The fraction of sp³-hybridized carbons (Fsp3) is 0.643. The van der Waals surface area contributed by atoms with E-state index < -0.39 is 0 Å². The summed E-state index contributed by atoms with van der Waals surface area (Å²) in [7, 11) is 0. The number of pyridine rings is 1. The van der Waals surface area contributed by atoms with Gasteiger partial charge < -0.3 is 4.74 Å². The highest BCUT2D eigenvalue weighted by Crippen LogP contribution is 2.25. The zero-order chi connectivity index (χ0) is 13.0. The molecule has 0 aliphatic rings. The van der Waals surface area contributed by atoms with Gasteiger partial charge in [-0.25, -0.2) is 0 Å². The van der Waals surface area contributed by atoms with Crippen LogP contribution < -0.4 is 9.30 Å². The monoisotopic (exact) mass is 256 g/mol. The van der Waals surface area contributed by atoms with Crippen LogP contribution in [0.4, 0.5) is 0 Å². The first-order chi connectivity index (χ1) is 7.93. The van der Waals surface area contributed by atoms with Crippen LogP contribution in [0.2, 0.25) is 5.02 Å². The molecule has 0 amide bonds. The van der Waals surface area contributed by atoms with Crippen molar-refractivity contribution in [1.82, 2.24) is 0 Å². The number of ether oxygens (including phenoxy) is 1. The van der Waals surface area contributed by atoms with Gasteiger partial charge in [-0.15, -0.1) is 0 Å². The van der Waals surface area contributed by atoms with Gasteiger partial charge in [-0.3, -0.25) is 0 Å². The molecule has 0 fully saturated rings. The number of hydrogen-bond donors (Lipinski definition) is 0. The molecule has 1 heterocycles. The number of aryl methyl sites for hydroxylation is 1. The summed E-state index contributed by atoms with van der Waals surface area (Å²) in [5.74, 6) is 1.44. The largest absolute Gasteiger partial charge is 0.443 e. The molecular formula is C14H23ClNO+. The van der Waals surface area contributed by atoms with E-state index in [9.17, 15) is 0 Å². The van der Waals surface area contributed by atoms with Crippen LogP contribution in [-0.4, -0.2) is 6.61 Å². The highest BCUT2D eigenvalue weighted by molar-refractivity contribution is 6.32. The smallest absolute Gasteiger partial charge is 0.387 e. The summed E-state index contributed by atoms with van der Waals surface area (Å²) in [6.07, 6.45) is 3.08. The second kappa shape index (κ2) is 6.25. The normalized spacial score (nSPS) is 11.3. The van der Waals surface area contributed by atoms with E-state index in [-0.39, 0.29) is 0 Å². The molecule has 0 saturated carbocycles. The molecule has 1 aromatic rings. The molecule has 0 bridgehead atoms. The van der Waals surface area contributed by atoms with E-state index in [1.54, 1.807) is 0 Å². The van der Waals surface area contributed by atoms with Gasteiger partial charge in [-0.05, 0) is 38.7 Å². The zero-order valence-corrected chi connectivity index (χ0v) is 12.2. The van der Waals surface area contributed by atoms with Crippen LogP contribution in [0, 0.1) is 12.8 Å². The minimum absolute atomic E-state index is 0.349.